The summed E-state index contributed by atoms with van der Waals surface area (Å²) in [7, 11) is -3.89. The van der Waals surface area contributed by atoms with Crippen LogP contribution in [0.2, 0.25) is 10.0 Å². The number of carbonyl (C=O) groups is 1. The average molecular weight is 358 g/mol. The van der Waals surface area contributed by atoms with Gasteiger partial charge >= 0.3 is 0 Å². The molecule has 2 aromatic carbocycles. The minimum Gasteiger partial charge on any atom is -0.274 e. The highest BCUT2D eigenvalue weighted by atomic mass is 35.5. The molecule has 2 rings (SSSR count). The van der Waals surface area contributed by atoms with E-state index >= 15 is 0 Å². The maximum Gasteiger partial charge on any atom is 0.264 e. The lowest BCUT2D eigenvalue weighted by Crippen LogP contribution is -2.31. The summed E-state index contributed by atoms with van der Waals surface area (Å²) in [4.78, 5) is 12.0. The summed E-state index contributed by atoms with van der Waals surface area (Å²) in [6.07, 6.45) is -0.152. The molecule has 0 aliphatic heterocycles. The molecule has 0 aliphatic rings. The molecule has 0 saturated carbocycles. The number of nitrogens with one attached hydrogen (secondary N) is 1. The first-order valence-corrected chi connectivity index (χ1v) is 8.58. The molecule has 1 amide bonds. The smallest absolute Gasteiger partial charge is 0.264 e. The Morgan fingerprint density at radius 2 is 1.73 bits per heavy atom. The Hall–Kier alpha value is -1.56. The van der Waals surface area contributed by atoms with Crippen LogP contribution in [0.4, 0.5) is 0 Å². The van der Waals surface area contributed by atoms with Crippen molar-refractivity contribution in [1.82, 2.24) is 4.72 Å². The van der Waals surface area contributed by atoms with E-state index in [1.54, 1.807) is 24.3 Å². The molecule has 22 heavy (non-hydrogen) atoms. The van der Waals surface area contributed by atoms with Gasteiger partial charge in [0.25, 0.3) is 10.0 Å². The lowest BCUT2D eigenvalue weighted by molar-refractivity contribution is -0.118. The number of hydrogen-bond donors (Lipinski definition) is 1. The summed E-state index contributed by atoms with van der Waals surface area (Å²) in [5.41, 5.74) is 1.43. The molecule has 0 unspecified atom stereocenters. The SMILES string of the molecule is Cc1ccc(S(=O)(=O)NC(=O)Cc2ccc(Cl)cc2Cl)cc1. The largest absolute Gasteiger partial charge is 0.274 e. The molecule has 116 valence electrons. The van der Waals surface area contributed by atoms with Crippen molar-refractivity contribution in [3.05, 3.63) is 63.6 Å². The van der Waals surface area contributed by atoms with E-state index in [-0.39, 0.29) is 11.3 Å². The van der Waals surface area contributed by atoms with Gasteiger partial charge in [-0.05, 0) is 36.8 Å². The fourth-order valence-corrected chi connectivity index (χ4v) is 3.26. The lowest BCUT2D eigenvalue weighted by Gasteiger charge is -2.08. The fraction of sp³-hybridized carbons (Fsp3) is 0.133. The second-order valence-electron chi connectivity index (χ2n) is 4.75. The summed E-state index contributed by atoms with van der Waals surface area (Å²) in [5.74, 6) is -0.662. The first-order valence-electron chi connectivity index (χ1n) is 6.34. The average Bonchev–Trinajstić information content (AvgIpc) is 2.42. The molecular weight excluding hydrogens is 345 g/mol. The lowest BCUT2D eigenvalue weighted by atomic mass is 10.1. The van der Waals surface area contributed by atoms with Crippen molar-refractivity contribution in [2.45, 2.75) is 18.2 Å². The fourth-order valence-electron chi connectivity index (χ4n) is 1.80. The molecule has 0 atom stereocenters. The van der Waals surface area contributed by atoms with Crippen molar-refractivity contribution in [2.75, 3.05) is 0 Å². The van der Waals surface area contributed by atoms with Gasteiger partial charge in [-0.15, -0.1) is 0 Å². The number of hydrogen-bond acceptors (Lipinski definition) is 3. The molecule has 0 heterocycles. The summed E-state index contributed by atoms with van der Waals surface area (Å²) in [5, 5.41) is 0.761. The molecule has 7 heteroatoms. The number of halogens is 2. The Morgan fingerprint density at radius 1 is 1.09 bits per heavy atom. The number of amides is 1. The topological polar surface area (TPSA) is 63.2 Å². The van der Waals surface area contributed by atoms with Gasteiger partial charge in [-0.1, -0.05) is 47.0 Å². The maximum absolute atomic E-state index is 12.1. The Kier molecular flexibility index (Phi) is 5.11. The first kappa shape index (κ1) is 16.8. The third kappa shape index (κ3) is 4.22. The summed E-state index contributed by atoms with van der Waals surface area (Å²) < 4.78 is 26.2. The van der Waals surface area contributed by atoms with Crippen molar-refractivity contribution in [2.24, 2.45) is 0 Å². The predicted octanol–water partition coefficient (Wildman–Crippen LogP) is 3.35. The minimum absolute atomic E-state index is 0.0358. The van der Waals surface area contributed by atoms with E-state index in [0.717, 1.165) is 5.56 Å². The normalized spacial score (nSPS) is 11.2. The Bertz CT molecular complexity index is 802. The third-order valence-corrected chi connectivity index (χ3v) is 4.92. The quantitative estimate of drug-likeness (QED) is 0.912. The number of benzene rings is 2. The van der Waals surface area contributed by atoms with Crippen LogP contribution in [-0.4, -0.2) is 14.3 Å². The van der Waals surface area contributed by atoms with Crippen molar-refractivity contribution in [1.29, 1.82) is 0 Å². The summed E-state index contributed by atoms with van der Waals surface area (Å²) >= 11 is 11.7. The highest BCUT2D eigenvalue weighted by molar-refractivity contribution is 7.90. The van der Waals surface area contributed by atoms with Crippen LogP contribution >= 0.6 is 23.2 Å². The second-order valence-corrected chi connectivity index (χ2v) is 7.28. The molecule has 0 spiro atoms. The highest BCUT2D eigenvalue weighted by Gasteiger charge is 2.18. The van der Waals surface area contributed by atoms with Crippen molar-refractivity contribution in [3.63, 3.8) is 0 Å². The second kappa shape index (κ2) is 6.69. The van der Waals surface area contributed by atoms with E-state index in [4.69, 9.17) is 23.2 Å². The number of carbonyl (C=O) groups excluding carboxylic acids is 1. The van der Waals surface area contributed by atoms with Gasteiger partial charge in [0, 0.05) is 10.0 Å². The van der Waals surface area contributed by atoms with Crippen LogP contribution in [0, 0.1) is 6.92 Å². The van der Waals surface area contributed by atoms with Crippen LogP contribution in [-0.2, 0) is 21.2 Å². The Morgan fingerprint density at radius 3 is 2.32 bits per heavy atom. The number of aryl methyl sites for hydroxylation is 1. The molecule has 1 N–H and O–H groups in total. The highest BCUT2D eigenvalue weighted by Crippen LogP contribution is 2.21. The zero-order valence-electron chi connectivity index (χ0n) is 11.6. The van der Waals surface area contributed by atoms with Gasteiger partial charge in [-0.3, -0.25) is 4.79 Å². The standard InChI is InChI=1S/C15H13Cl2NO3S/c1-10-2-6-13(7-3-10)22(20,21)18-15(19)8-11-4-5-12(16)9-14(11)17/h2-7,9H,8H2,1H3,(H,18,19). The Balaban J connectivity index is 2.12. The monoisotopic (exact) mass is 357 g/mol. The van der Waals surface area contributed by atoms with Gasteiger partial charge in [-0.25, -0.2) is 13.1 Å². The zero-order chi connectivity index (χ0) is 16.3. The van der Waals surface area contributed by atoms with Crippen LogP contribution in [0.3, 0.4) is 0 Å². The van der Waals surface area contributed by atoms with Gasteiger partial charge in [0.15, 0.2) is 0 Å². The van der Waals surface area contributed by atoms with Gasteiger partial charge < -0.3 is 0 Å². The van der Waals surface area contributed by atoms with Crippen LogP contribution in [0.15, 0.2) is 47.4 Å². The number of rotatable bonds is 4. The number of sulfonamides is 1. The molecule has 0 aliphatic carbocycles. The third-order valence-electron chi connectivity index (χ3n) is 2.95. The molecule has 4 nitrogen and oxygen atoms in total. The van der Waals surface area contributed by atoms with E-state index < -0.39 is 15.9 Å². The molecule has 0 saturated heterocycles. The summed E-state index contributed by atoms with van der Waals surface area (Å²) in [6.45, 7) is 1.84. The van der Waals surface area contributed by atoms with Gasteiger partial charge in [-0.2, -0.15) is 0 Å². The van der Waals surface area contributed by atoms with Crippen LogP contribution in [0.1, 0.15) is 11.1 Å². The van der Waals surface area contributed by atoms with Gasteiger partial charge in [0.2, 0.25) is 5.91 Å². The van der Waals surface area contributed by atoms with Crippen LogP contribution < -0.4 is 4.72 Å². The molecule has 0 aromatic heterocycles. The van der Waals surface area contributed by atoms with Crippen LogP contribution in [0.5, 0.6) is 0 Å². The minimum atomic E-state index is -3.89. The summed E-state index contributed by atoms with van der Waals surface area (Å²) in [6, 6.07) is 10.9. The Labute approximate surface area is 139 Å². The van der Waals surface area contributed by atoms with E-state index in [1.165, 1.54) is 18.2 Å². The van der Waals surface area contributed by atoms with Crippen LogP contribution in [0.25, 0.3) is 0 Å². The van der Waals surface area contributed by atoms with Crippen molar-refractivity contribution in [3.8, 4) is 0 Å². The van der Waals surface area contributed by atoms with Crippen molar-refractivity contribution >= 4 is 39.1 Å². The van der Waals surface area contributed by atoms with Crippen molar-refractivity contribution < 1.29 is 13.2 Å². The molecule has 0 bridgehead atoms. The zero-order valence-corrected chi connectivity index (χ0v) is 14.0. The van der Waals surface area contributed by atoms with E-state index in [9.17, 15) is 13.2 Å². The van der Waals surface area contributed by atoms with E-state index in [2.05, 4.69) is 0 Å². The molecular formula is C15H13Cl2NO3S. The van der Waals surface area contributed by atoms with E-state index in [1.807, 2.05) is 11.6 Å². The molecule has 0 fully saturated rings. The first-order chi connectivity index (χ1) is 10.3. The maximum atomic E-state index is 12.1. The molecule has 2 aromatic rings. The van der Waals surface area contributed by atoms with Gasteiger partial charge in [0.1, 0.15) is 0 Å². The van der Waals surface area contributed by atoms with Gasteiger partial charge in [0.05, 0.1) is 11.3 Å². The van der Waals surface area contributed by atoms with E-state index in [0.29, 0.717) is 15.6 Å². The predicted molar refractivity (Wildman–Crippen MR) is 86.7 cm³/mol. The molecule has 0 radical (unpaired) electrons.